The van der Waals surface area contributed by atoms with E-state index in [2.05, 4.69) is 5.10 Å². The third kappa shape index (κ3) is 1.22. The van der Waals surface area contributed by atoms with Gasteiger partial charge in [0, 0.05) is 24.5 Å². The minimum absolute atomic E-state index is 0.0978. The van der Waals surface area contributed by atoms with E-state index >= 15 is 0 Å². The molecule has 2 aromatic heterocycles. The molecule has 0 bridgehead atoms. The lowest BCUT2D eigenvalue weighted by Gasteiger charge is -2.08. The summed E-state index contributed by atoms with van der Waals surface area (Å²) in [4.78, 5) is 12.2. The summed E-state index contributed by atoms with van der Waals surface area (Å²) < 4.78 is 3.50. The van der Waals surface area contributed by atoms with E-state index in [-0.39, 0.29) is 5.56 Å². The Balaban J connectivity index is 2.37. The number of aromatic nitrogens is 3. The van der Waals surface area contributed by atoms with Gasteiger partial charge in [0.2, 0.25) is 0 Å². The molecule has 0 saturated heterocycles. The van der Waals surface area contributed by atoms with Gasteiger partial charge >= 0.3 is 0 Å². The minimum Gasteiger partial charge on any atom is -0.312 e. The first-order chi connectivity index (χ1) is 7.81. The molecule has 0 amide bonds. The molecule has 0 aliphatic heterocycles. The first-order valence-corrected chi connectivity index (χ1v) is 5.91. The summed E-state index contributed by atoms with van der Waals surface area (Å²) in [5.74, 6) is 0. The first-order valence-electron chi connectivity index (χ1n) is 5.91. The molecule has 4 nitrogen and oxygen atoms in total. The maximum atomic E-state index is 12.2. The van der Waals surface area contributed by atoms with E-state index in [1.165, 1.54) is 18.4 Å². The molecule has 4 heteroatoms. The second-order valence-electron chi connectivity index (χ2n) is 4.31. The Morgan fingerprint density at radius 3 is 2.94 bits per heavy atom. The van der Waals surface area contributed by atoms with Crippen molar-refractivity contribution in [1.29, 1.82) is 0 Å². The normalized spacial score (nSPS) is 15.3. The van der Waals surface area contributed by atoms with E-state index in [0.29, 0.717) is 0 Å². The summed E-state index contributed by atoms with van der Waals surface area (Å²) in [6.45, 7) is 2.70. The molecule has 0 unspecified atom stereocenters. The van der Waals surface area contributed by atoms with Crippen LogP contribution in [-0.2, 0) is 19.4 Å². The van der Waals surface area contributed by atoms with Crippen LogP contribution >= 0.6 is 0 Å². The van der Waals surface area contributed by atoms with Crippen LogP contribution in [0.25, 0.3) is 5.52 Å². The van der Waals surface area contributed by atoms with Gasteiger partial charge in [-0.15, -0.1) is 0 Å². The van der Waals surface area contributed by atoms with Crippen molar-refractivity contribution in [3.05, 3.63) is 34.0 Å². The maximum absolute atomic E-state index is 12.2. The molecule has 1 aliphatic carbocycles. The van der Waals surface area contributed by atoms with Crippen molar-refractivity contribution in [3.8, 4) is 0 Å². The van der Waals surface area contributed by atoms with Crippen LogP contribution in [0.2, 0.25) is 0 Å². The van der Waals surface area contributed by atoms with E-state index in [0.717, 1.165) is 30.6 Å². The molecule has 0 atom stereocenters. The van der Waals surface area contributed by atoms with Gasteiger partial charge in [-0.1, -0.05) is 0 Å². The SMILES string of the molecule is CCn1ccn2nc3c(c2c1=O)CCCC3. The summed E-state index contributed by atoms with van der Waals surface area (Å²) in [6, 6.07) is 0. The standard InChI is InChI=1S/C12H15N3O/c1-2-14-7-8-15-11(12(14)16)9-5-3-4-6-10(9)13-15/h7-8H,2-6H2,1H3. The summed E-state index contributed by atoms with van der Waals surface area (Å²) in [5, 5.41) is 4.49. The summed E-state index contributed by atoms with van der Waals surface area (Å²) in [7, 11) is 0. The number of fused-ring (bicyclic) bond motifs is 3. The number of hydrogen-bond acceptors (Lipinski definition) is 2. The zero-order valence-corrected chi connectivity index (χ0v) is 9.44. The highest BCUT2D eigenvalue weighted by Gasteiger charge is 2.18. The molecule has 0 saturated carbocycles. The van der Waals surface area contributed by atoms with Crippen LogP contribution in [0.3, 0.4) is 0 Å². The van der Waals surface area contributed by atoms with Crippen LogP contribution in [0.1, 0.15) is 31.0 Å². The van der Waals surface area contributed by atoms with Crippen LogP contribution < -0.4 is 5.56 Å². The molecule has 2 aromatic rings. The third-order valence-corrected chi connectivity index (χ3v) is 3.37. The zero-order valence-electron chi connectivity index (χ0n) is 9.44. The van der Waals surface area contributed by atoms with Crippen LogP contribution in [-0.4, -0.2) is 14.2 Å². The van der Waals surface area contributed by atoms with Crippen molar-refractivity contribution in [2.75, 3.05) is 0 Å². The van der Waals surface area contributed by atoms with Gasteiger partial charge in [-0.3, -0.25) is 4.79 Å². The molecular formula is C12H15N3O. The van der Waals surface area contributed by atoms with Gasteiger partial charge in [-0.25, -0.2) is 4.52 Å². The number of aryl methyl sites for hydroxylation is 3. The van der Waals surface area contributed by atoms with E-state index in [1.807, 2.05) is 19.3 Å². The molecular weight excluding hydrogens is 202 g/mol. The fourth-order valence-corrected chi connectivity index (χ4v) is 2.50. The maximum Gasteiger partial charge on any atom is 0.276 e. The van der Waals surface area contributed by atoms with Gasteiger partial charge in [0.15, 0.2) is 0 Å². The Kier molecular flexibility index (Phi) is 2.09. The summed E-state index contributed by atoms with van der Waals surface area (Å²) >= 11 is 0. The highest BCUT2D eigenvalue weighted by atomic mass is 16.1. The second-order valence-corrected chi connectivity index (χ2v) is 4.31. The van der Waals surface area contributed by atoms with E-state index < -0.39 is 0 Å². The molecule has 0 N–H and O–H groups in total. The van der Waals surface area contributed by atoms with Gasteiger partial charge in [0.25, 0.3) is 5.56 Å². The minimum atomic E-state index is 0.0978. The van der Waals surface area contributed by atoms with Gasteiger partial charge in [-0.05, 0) is 32.6 Å². The molecule has 3 rings (SSSR count). The van der Waals surface area contributed by atoms with Crippen molar-refractivity contribution in [3.63, 3.8) is 0 Å². The van der Waals surface area contributed by atoms with E-state index in [9.17, 15) is 4.79 Å². The Labute approximate surface area is 93.5 Å². The molecule has 0 aromatic carbocycles. The Morgan fingerprint density at radius 1 is 1.31 bits per heavy atom. The quantitative estimate of drug-likeness (QED) is 0.724. The largest absolute Gasteiger partial charge is 0.312 e. The monoisotopic (exact) mass is 217 g/mol. The Bertz CT molecular complexity index is 594. The Hall–Kier alpha value is -1.58. The van der Waals surface area contributed by atoms with Crippen molar-refractivity contribution in [2.24, 2.45) is 0 Å². The topological polar surface area (TPSA) is 39.3 Å². The van der Waals surface area contributed by atoms with Gasteiger partial charge in [0.1, 0.15) is 5.52 Å². The predicted molar refractivity (Wildman–Crippen MR) is 61.8 cm³/mol. The molecule has 1 aliphatic rings. The fraction of sp³-hybridized carbons (Fsp3) is 0.500. The fourth-order valence-electron chi connectivity index (χ4n) is 2.50. The predicted octanol–water partition coefficient (Wildman–Crippen LogP) is 1.39. The number of nitrogens with zero attached hydrogens (tertiary/aromatic N) is 3. The first kappa shape index (κ1) is 9.63. The Morgan fingerprint density at radius 2 is 2.12 bits per heavy atom. The van der Waals surface area contributed by atoms with Crippen molar-refractivity contribution >= 4 is 5.52 Å². The summed E-state index contributed by atoms with van der Waals surface area (Å²) in [5.41, 5.74) is 3.19. The van der Waals surface area contributed by atoms with Crippen LogP contribution in [0.5, 0.6) is 0 Å². The van der Waals surface area contributed by atoms with Crippen molar-refractivity contribution < 1.29 is 0 Å². The number of rotatable bonds is 1. The van der Waals surface area contributed by atoms with Crippen molar-refractivity contribution in [2.45, 2.75) is 39.2 Å². The summed E-state index contributed by atoms with van der Waals surface area (Å²) in [6.07, 6.45) is 8.09. The van der Waals surface area contributed by atoms with Gasteiger partial charge < -0.3 is 4.57 Å². The van der Waals surface area contributed by atoms with Crippen molar-refractivity contribution in [1.82, 2.24) is 14.2 Å². The lowest BCUT2D eigenvalue weighted by molar-refractivity contribution is 0.673. The molecule has 0 spiro atoms. The molecule has 2 heterocycles. The average molecular weight is 217 g/mol. The number of hydrogen-bond donors (Lipinski definition) is 0. The smallest absolute Gasteiger partial charge is 0.276 e. The second kappa shape index (κ2) is 3.47. The lowest BCUT2D eigenvalue weighted by atomic mass is 9.97. The van der Waals surface area contributed by atoms with Crippen LogP contribution in [0.15, 0.2) is 17.2 Å². The zero-order chi connectivity index (χ0) is 11.1. The molecule has 0 radical (unpaired) electrons. The highest BCUT2D eigenvalue weighted by molar-refractivity contribution is 5.55. The highest BCUT2D eigenvalue weighted by Crippen LogP contribution is 2.22. The molecule has 16 heavy (non-hydrogen) atoms. The van der Waals surface area contributed by atoms with Crippen LogP contribution in [0.4, 0.5) is 0 Å². The molecule has 0 fully saturated rings. The van der Waals surface area contributed by atoms with E-state index in [4.69, 9.17) is 0 Å². The van der Waals surface area contributed by atoms with E-state index in [1.54, 1.807) is 9.08 Å². The van der Waals surface area contributed by atoms with Gasteiger partial charge in [0.05, 0.1) is 5.69 Å². The van der Waals surface area contributed by atoms with Gasteiger partial charge in [-0.2, -0.15) is 5.10 Å². The average Bonchev–Trinajstić information content (AvgIpc) is 2.68. The third-order valence-electron chi connectivity index (χ3n) is 3.37. The lowest BCUT2D eigenvalue weighted by Crippen LogP contribution is -2.21. The van der Waals surface area contributed by atoms with Crippen LogP contribution in [0, 0.1) is 0 Å². The molecule has 84 valence electrons.